The van der Waals surface area contributed by atoms with Crippen molar-refractivity contribution in [3.63, 3.8) is 0 Å². The Bertz CT molecular complexity index is 926. The lowest BCUT2D eigenvalue weighted by Gasteiger charge is -2.14. The fourth-order valence-corrected chi connectivity index (χ4v) is 3.38. The van der Waals surface area contributed by atoms with Crippen LogP contribution < -0.4 is 10.6 Å². The Morgan fingerprint density at radius 1 is 1.31 bits per heavy atom. The molecular weight excluding hydrogens is 326 g/mol. The van der Waals surface area contributed by atoms with Crippen molar-refractivity contribution in [3.05, 3.63) is 48.2 Å². The summed E-state index contributed by atoms with van der Waals surface area (Å²) < 4.78 is 1.87. The number of carbonyl (C=O) groups excluding carboxylic acids is 1. The maximum atomic E-state index is 13.0. The van der Waals surface area contributed by atoms with E-state index < -0.39 is 0 Å². The molecule has 1 fully saturated rings. The summed E-state index contributed by atoms with van der Waals surface area (Å²) >= 11 is 0. The molecule has 1 aliphatic heterocycles. The normalized spacial score (nSPS) is 17.1. The fourth-order valence-electron chi connectivity index (χ4n) is 3.38. The van der Waals surface area contributed by atoms with Gasteiger partial charge in [-0.2, -0.15) is 5.10 Å². The molecule has 26 heavy (non-hydrogen) atoms. The van der Waals surface area contributed by atoms with Crippen molar-refractivity contribution in [1.29, 1.82) is 0 Å². The van der Waals surface area contributed by atoms with E-state index in [4.69, 9.17) is 4.98 Å². The van der Waals surface area contributed by atoms with Crippen molar-refractivity contribution in [1.82, 2.24) is 25.4 Å². The third-order valence-corrected chi connectivity index (χ3v) is 4.77. The van der Waals surface area contributed by atoms with Gasteiger partial charge in [0, 0.05) is 24.2 Å². The minimum absolute atomic E-state index is 0.0633. The van der Waals surface area contributed by atoms with Crippen molar-refractivity contribution in [2.75, 3.05) is 13.1 Å². The van der Waals surface area contributed by atoms with Crippen LogP contribution >= 0.6 is 0 Å². The molecule has 1 unspecified atom stereocenters. The van der Waals surface area contributed by atoms with Crippen molar-refractivity contribution in [2.24, 2.45) is 0 Å². The summed E-state index contributed by atoms with van der Waals surface area (Å²) in [6, 6.07) is 12.2. The number of fused-ring (bicyclic) bond motifs is 1. The minimum atomic E-state index is -0.0633. The molecule has 3 heterocycles. The average Bonchev–Trinajstić information content (AvgIpc) is 3.30. The highest BCUT2D eigenvalue weighted by molar-refractivity contribution is 6.06. The molecule has 6 heteroatoms. The van der Waals surface area contributed by atoms with Crippen LogP contribution in [0.4, 0.5) is 0 Å². The van der Waals surface area contributed by atoms with Crippen LogP contribution in [0.1, 0.15) is 36.7 Å². The molecule has 2 N–H and O–H groups in total. The van der Waals surface area contributed by atoms with E-state index in [2.05, 4.69) is 29.6 Å². The second-order valence-corrected chi connectivity index (χ2v) is 7.00. The van der Waals surface area contributed by atoms with Gasteiger partial charge >= 0.3 is 0 Å². The molecule has 1 saturated heterocycles. The summed E-state index contributed by atoms with van der Waals surface area (Å²) in [6.45, 7) is 5.88. The largest absolute Gasteiger partial charge is 0.348 e. The number of aromatic nitrogens is 3. The number of hydrogen-bond donors (Lipinski definition) is 2. The third-order valence-electron chi connectivity index (χ3n) is 4.77. The first-order chi connectivity index (χ1) is 12.6. The summed E-state index contributed by atoms with van der Waals surface area (Å²) in [6.07, 6.45) is 2.70. The van der Waals surface area contributed by atoms with Gasteiger partial charge in [0.15, 0.2) is 5.65 Å². The molecule has 0 bridgehead atoms. The molecule has 0 aliphatic carbocycles. The molecule has 0 spiro atoms. The van der Waals surface area contributed by atoms with Gasteiger partial charge in [-0.05, 0) is 32.9 Å². The van der Waals surface area contributed by atoms with Gasteiger partial charge in [0.2, 0.25) is 0 Å². The lowest BCUT2D eigenvalue weighted by molar-refractivity contribution is 0.0941. The number of carbonyl (C=O) groups is 1. The molecule has 1 aromatic carbocycles. The van der Waals surface area contributed by atoms with Gasteiger partial charge < -0.3 is 10.6 Å². The Morgan fingerprint density at radius 2 is 2.12 bits per heavy atom. The first-order valence-corrected chi connectivity index (χ1v) is 9.09. The van der Waals surface area contributed by atoms with E-state index in [0.717, 1.165) is 41.8 Å². The molecular formula is C20H23N5O. The standard InChI is InChI=1S/C20H23N5O/c1-13(2)25-19-17(12-22-25)16(20(26)23-15-8-9-21-11-15)10-18(24-19)14-6-4-3-5-7-14/h3-7,10,12-13,15,21H,8-9,11H2,1-2H3,(H,23,26). The van der Waals surface area contributed by atoms with Gasteiger partial charge in [-0.25, -0.2) is 9.67 Å². The van der Waals surface area contributed by atoms with E-state index in [1.165, 1.54) is 0 Å². The number of rotatable bonds is 4. The van der Waals surface area contributed by atoms with Gasteiger partial charge in [0.05, 0.1) is 22.8 Å². The highest BCUT2D eigenvalue weighted by Crippen LogP contribution is 2.26. The highest BCUT2D eigenvalue weighted by Gasteiger charge is 2.22. The summed E-state index contributed by atoms with van der Waals surface area (Å²) in [5, 5.41) is 11.7. The van der Waals surface area contributed by atoms with E-state index in [-0.39, 0.29) is 18.0 Å². The van der Waals surface area contributed by atoms with Crippen molar-refractivity contribution < 1.29 is 4.79 Å². The Morgan fingerprint density at radius 3 is 2.81 bits per heavy atom. The first-order valence-electron chi connectivity index (χ1n) is 9.09. The topological polar surface area (TPSA) is 71.8 Å². The number of nitrogens with zero attached hydrogens (tertiary/aromatic N) is 3. The van der Waals surface area contributed by atoms with Gasteiger partial charge in [-0.3, -0.25) is 4.79 Å². The van der Waals surface area contributed by atoms with Crippen LogP contribution in [0.25, 0.3) is 22.3 Å². The Hall–Kier alpha value is -2.73. The SMILES string of the molecule is CC(C)n1ncc2c(C(=O)NC3CCNC3)cc(-c3ccccc3)nc21. The summed E-state index contributed by atoms with van der Waals surface area (Å²) in [7, 11) is 0. The molecule has 3 aromatic rings. The predicted molar refractivity (Wildman–Crippen MR) is 102 cm³/mol. The van der Waals surface area contributed by atoms with Gasteiger partial charge in [-0.15, -0.1) is 0 Å². The highest BCUT2D eigenvalue weighted by atomic mass is 16.1. The molecule has 1 aliphatic rings. The van der Waals surface area contributed by atoms with Crippen LogP contribution in [0, 0.1) is 0 Å². The fraction of sp³-hybridized carbons (Fsp3) is 0.350. The number of nitrogens with one attached hydrogen (secondary N) is 2. The Labute approximate surface area is 152 Å². The van der Waals surface area contributed by atoms with E-state index >= 15 is 0 Å². The number of hydrogen-bond acceptors (Lipinski definition) is 4. The third kappa shape index (κ3) is 3.08. The summed E-state index contributed by atoms with van der Waals surface area (Å²) in [5.41, 5.74) is 3.15. The van der Waals surface area contributed by atoms with Gasteiger partial charge in [0.1, 0.15) is 0 Å². The predicted octanol–water partition coefficient (Wildman–Crippen LogP) is 2.77. The van der Waals surface area contributed by atoms with Crippen molar-refractivity contribution in [3.8, 4) is 11.3 Å². The quantitative estimate of drug-likeness (QED) is 0.760. The second-order valence-electron chi connectivity index (χ2n) is 7.00. The van der Waals surface area contributed by atoms with E-state index in [1.54, 1.807) is 6.20 Å². The molecule has 2 aromatic heterocycles. The van der Waals surface area contributed by atoms with Crippen LogP contribution in [0.15, 0.2) is 42.6 Å². The number of amides is 1. The summed E-state index contributed by atoms with van der Waals surface area (Å²) in [4.78, 5) is 17.8. The molecule has 1 atom stereocenters. The lowest BCUT2D eigenvalue weighted by atomic mass is 10.1. The van der Waals surface area contributed by atoms with E-state index in [1.807, 2.05) is 41.1 Å². The van der Waals surface area contributed by atoms with Crippen LogP contribution in [-0.4, -0.2) is 39.8 Å². The zero-order chi connectivity index (χ0) is 18.1. The molecule has 0 saturated carbocycles. The van der Waals surface area contributed by atoms with Crippen molar-refractivity contribution in [2.45, 2.75) is 32.4 Å². The monoisotopic (exact) mass is 349 g/mol. The van der Waals surface area contributed by atoms with Gasteiger partial charge in [-0.1, -0.05) is 30.3 Å². The van der Waals surface area contributed by atoms with Crippen molar-refractivity contribution >= 4 is 16.9 Å². The average molecular weight is 349 g/mol. The zero-order valence-electron chi connectivity index (χ0n) is 15.1. The second kappa shape index (κ2) is 6.88. The zero-order valence-corrected chi connectivity index (χ0v) is 15.1. The molecule has 134 valence electrons. The lowest BCUT2D eigenvalue weighted by Crippen LogP contribution is -2.36. The van der Waals surface area contributed by atoms with Crippen LogP contribution in [-0.2, 0) is 0 Å². The Balaban J connectivity index is 1.83. The maximum Gasteiger partial charge on any atom is 0.252 e. The van der Waals surface area contributed by atoms with E-state index in [0.29, 0.717) is 5.56 Å². The Kier molecular flexibility index (Phi) is 4.42. The van der Waals surface area contributed by atoms with Gasteiger partial charge in [0.25, 0.3) is 5.91 Å². The molecule has 0 radical (unpaired) electrons. The van der Waals surface area contributed by atoms with Crippen LogP contribution in [0.5, 0.6) is 0 Å². The molecule has 1 amide bonds. The maximum absolute atomic E-state index is 13.0. The van der Waals surface area contributed by atoms with Crippen LogP contribution in [0.3, 0.4) is 0 Å². The number of pyridine rings is 1. The number of benzene rings is 1. The molecule has 6 nitrogen and oxygen atoms in total. The smallest absolute Gasteiger partial charge is 0.252 e. The molecule has 4 rings (SSSR count). The van der Waals surface area contributed by atoms with E-state index in [9.17, 15) is 4.79 Å². The van der Waals surface area contributed by atoms with Crippen LogP contribution in [0.2, 0.25) is 0 Å². The first kappa shape index (κ1) is 16.7. The minimum Gasteiger partial charge on any atom is -0.348 e. The summed E-state index contributed by atoms with van der Waals surface area (Å²) in [5.74, 6) is -0.0633.